The minimum absolute atomic E-state index is 0.0605. The molecule has 0 fully saturated rings. The summed E-state index contributed by atoms with van der Waals surface area (Å²) in [5, 5.41) is 19.7. The molecule has 1 aliphatic rings. The van der Waals surface area contributed by atoms with Gasteiger partial charge in [0, 0.05) is 37.8 Å². The minimum Gasteiger partial charge on any atom is -0.497 e. The average molecular weight is 666 g/mol. The number of aryl methyl sites for hydroxylation is 2. The highest BCUT2D eigenvalue weighted by atomic mass is 16.5. The number of likely N-dealkylation sites (N-methyl/N-ethyl adjacent to an activating group) is 1. The number of aliphatic hydroxyl groups is 1. The third-order valence-electron chi connectivity index (χ3n) is 8.68. The van der Waals surface area contributed by atoms with Crippen molar-refractivity contribution in [2.24, 2.45) is 5.92 Å². The van der Waals surface area contributed by atoms with E-state index < -0.39 is 12.1 Å². The van der Waals surface area contributed by atoms with E-state index in [1.807, 2.05) is 26.0 Å². The van der Waals surface area contributed by atoms with Crippen LogP contribution in [0.5, 0.6) is 11.5 Å². The molecule has 0 saturated carbocycles. The molecule has 48 heavy (non-hydrogen) atoms. The lowest BCUT2D eigenvalue weighted by Crippen LogP contribution is -2.47. The molecule has 12 nitrogen and oxygen atoms in total. The van der Waals surface area contributed by atoms with Crippen molar-refractivity contribution < 1.29 is 33.4 Å². The third kappa shape index (κ3) is 9.94. The number of methoxy groups -OCH3 is 1. The van der Waals surface area contributed by atoms with Crippen LogP contribution in [0.3, 0.4) is 0 Å². The highest BCUT2D eigenvalue weighted by Gasteiger charge is 2.30. The Balaban J connectivity index is 1.58. The average Bonchev–Trinajstić information content (AvgIpc) is 3.38. The molecule has 12 heteroatoms. The number of fused-ring (bicyclic) bond motifs is 1. The van der Waals surface area contributed by atoms with Gasteiger partial charge in [-0.2, -0.15) is 0 Å². The first-order chi connectivity index (χ1) is 23.0. The number of nitrogens with one attached hydrogen (secondary N) is 2. The topological polar surface area (TPSA) is 139 Å². The number of carbonyl (C=O) groups is 2. The molecule has 0 unspecified atom stereocenters. The van der Waals surface area contributed by atoms with E-state index in [9.17, 15) is 14.7 Å². The standard InChI is InChI=1S/C36H51N5O7/c1-23-19-41(24(2)22-42)35(43)31-18-29(37-36(44)38-34-26(4)39-48-27(34)5)13-16-32(31)47-25(3)10-8-9-17-46-33(23)21-40(6)20-28-11-14-30(45-7)15-12-28/h11-16,18,23-25,33,42H,8-10,17,19-22H2,1-7H3,(H2,37,38,44)/t23-,24-,25+,33+/m0/s1. The number of amides is 3. The molecule has 2 heterocycles. The third-order valence-corrected chi connectivity index (χ3v) is 8.68. The molecule has 4 rings (SSSR count). The highest BCUT2D eigenvalue weighted by Crippen LogP contribution is 2.29. The van der Waals surface area contributed by atoms with Gasteiger partial charge >= 0.3 is 6.03 Å². The number of urea groups is 1. The van der Waals surface area contributed by atoms with Crippen LogP contribution < -0.4 is 20.1 Å². The Morgan fingerprint density at radius 2 is 1.90 bits per heavy atom. The van der Waals surface area contributed by atoms with Crippen LogP contribution in [0.15, 0.2) is 47.0 Å². The number of hydrogen-bond donors (Lipinski definition) is 3. The Bertz CT molecular complexity index is 1470. The molecule has 0 bridgehead atoms. The second kappa shape index (κ2) is 17.3. The summed E-state index contributed by atoms with van der Waals surface area (Å²) in [5.41, 5.74) is 2.92. The number of hydrogen-bond acceptors (Lipinski definition) is 9. The molecule has 0 aliphatic carbocycles. The van der Waals surface area contributed by atoms with E-state index in [4.69, 9.17) is 18.7 Å². The Labute approximate surface area is 283 Å². The number of nitrogens with zero attached hydrogens (tertiary/aromatic N) is 3. The van der Waals surface area contributed by atoms with E-state index in [0.717, 1.165) is 37.1 Å². The van der Waals surface area contributed by atoms with Gasteiger partial charge in [-0.15, -0.1) is 0 Å². The monoisotopic (exact) mass is 665 g/mol. The van der Waals surface area contributed by atoms with E-state index in [1.165, 1.54) is 0 Å². The van der Waals surface area contributed by atoms with Crippen molar-refractivity contribution in [1.29, 1.82) is 0 Å². The van der Waals surface area contributed by atoms with Crippen LogP contribution in [0.1, 0.15) is 67.4 Å². The maximum absolute atomic E-state index is 14.4. The molecule has 3 N–H and O–H groups in total. The Kier molecular flexibility index (Phi) is 13.2. The summed E-state index contributed by atoms with van der Waals surface area (Å²) in [6.07, 6.45) is 2.25. The summed E-state index contributed by atoms with van der Waals surface area (Å²) in [5.74, 6) is 1.37. The fraction of sp³-hybridized carbons (Fsp3) is 0.528. The van der Waals surface area contributed by atoms with Gasteiger partial charge in [0.15, 0.2) is 5.76 Å². The van der Waals surface area contributed by atoms with Crippen LogP contribution in [0.2, 0.25) is 0 Å². The number of aromatic nitrogens is 1. The molecular formula is C36H51N5O7. The lowest BCUT2D eigenvalue weighted by Gasteiger charge is -2.36. The molecule has 4 atom stereocenters. The maximum Gasteiger partial charge on any atom is 0.323 e. The first-order valence-electron chi connectivity index (χ1n) is 16.7. The van der Waals surface area contributed by atoms with Gasteiger partial charge in [-0.05, 0) is 89.9 Å². The predicted molar refractivity (Wildman–Crippen MR) is 185 cm³/mol. The van der Waals surface area contributed by atoms with Gasteiger partial charge in [-0.3, -0.25) is 9.69 Å². The first-order valence-corrected chi connectivity index (χ1v) is 16.7. The Hall–Kier alpha value is -4.13. The number of anilines is 2. The van der Waals surface area contributed by atoms with Crippen LogP contribution in [-0.2, 0) is 11.3 Å². The van der Waals surface area contributed by atoms with Crippen molar-refractivity contribution in [2.75, 3.05) is 51.1 Å². The molecule has 0 spiro atoms. The smallest absolute Gasteiger partial charge is 0.323 e. The second-order valence-electron chi connectivity index (χ2n) is 12.8. The van der Waals surface area contributed by atoms with Crippen molar-refractivity contribution >= 4 is 23.3 Å². The van der Waals surface area contributed by atoms with Crippen LogP contribution in [0.4, 0.5) is 16.2 Å². The van der Waals surface area contributed by atoms with Gasteiger partial charge in [0.2, 0.25) is 0 Å². The molecule has 3 amide bonds. The zero-order chi connectivity index (χ0) is 34.8. The number of benzene rings is 2. The van der Waals surface area contributed by atoms with Gasteiger partial charge in [0.1, 0.15) is 22.9 Å². The van der Waals surface area contributed by atoms with Crippen LogP contribution in [-0.4, -0.2) is 90.7 Å². The lowest BCUT2D eigenvalue weighted by molar-refractivity contribution is -0.0177. The lowest BCUT2D eigenvalue weighted by atomic mass is 10.0. The van der Waals surface area contributed by atoms with Gasteiger partial charge in [0.25, 0.3) is 5.91 Å². The van der Waals surface area contributed by atoms with E-state index in [0.29, 0.717) is 53.8 Å². The minimum atomic E-state index is -0.500. The molecule has 0 radical (unpaired) electrons. The summed E-state index contributed by atoms with van der Waals surface area (Å²) in [7, 11) is 3.72. The van der Waals surface area contributed by atoms with Crippen molar-refractivity contribution in [1.82, 2.24) is 15.0 Å². The van der Waals surface area contributed by atoms with Crippen molar-refractivity contribution in [3.63, 3.8) is 0 Å². The zero-order valence-electron chi connectivity index (χ0n) is 29.2. The van der Waals surface area contributed by atoms with Crippen LogP contribution in [0, 0.1) is 19.8 Å². The van der Waals surface area contributed by atoms with Crippen LogP contribution in [0.25, 0.3) is 0 Å². The van der Waals surface area contributed by atoms with Gasteiger partial charge in [-0.25, -0.2) is 4.79 Å². The molecule has 262 valence electrons. The van der Waals surface area contributed by atoms with Gasteiger partial charge in [0.05, 0.1) is 37.5 Å². The van der Waals surface area contributed by atoms with Crippen LogP contribution >= 0.6 is 0 Å². The van der Waals surface area contributed by atoms with Gasteiger partial charge < -0.3 is 39.4 Å². The molecule has 2 aromatic carbocycles. The molecule has 1 aliphatic heterocycles. The largest absolute Gasteiger partial charge is 0.497 e. The summed E-state index contributed by atoms with van der Waals surface area (Å²) in [6, 6.07) is 12.1. The van der Waals surface area contributed by atoms with E-state index in [1.54, 1.807) is 44.1 Å². The summed E-state index contributed by atoms with van der Waals surface area (Å²) in [4.78, 5) is 31.2. The summed E-state index contributed by atoms with van der Waals surface area (Å²) < 4.78 is 23.3. The number of aliphatic hydroxyl groups excluding tert-OH is 1. The van der Waals surface area contributed by atoms with Gasteiger partial charge in [-0.1, -0.05) is 24.2 Å². The normalized spacial score (nSPS) is 20.0. The number of carbonyl (C=O) groups excluding carboxylic acids is 2. The molecule has 3 aromatic rings. The Morgan fingerprint density at radius 3 is 2.56 bits per heavy atom. The van der Waals surface area contributed by atoms with E-state index in [2.05, 4.69) is 46.8 Å². The predicted octanol–water partition coefficient (Wildman–Crippen LogP) is 5.87. The molecular weight excluding hydrogens is 614 g/mol. The fourth-order valence-corrected chi connectivity index (χ4v) is 5.81. The van der Waals surface area contributed by atoms with Crippen molar-refractivity contribution in [3.8, 4) is 11.5 Å². The van der Waals surface area contributed by atoms with E-state index in [-0.39, 0.29) is 30.6 Å². The number of rotatable bonds is 9. The first kappa shape index (κ1) is 36.7. The molecule has 1 aromatic heterocycles. The number of ether oxygens (including phenoxy) is 3. The quantitative estimate of drug-likeness (QED) is 0.256. The maximum atomic E-state index is 14.4. The SMILES string of the molecule is COc1ccc(CN(C)C[C@H]2OCCCC[C@@H](C)Oc3ccc(NC(=O)Nc4c(C)noc4C)cc3C(=O)N([C@@H](C)CO)C[C@@H]2C)cc1. The van der Waals surface area contributed by atoms with Crippen molar-refractivity contribution in [3.05, 3.63) is 65.0 Å². The Morgan fingerprint density at radius 1 is 1.15 bits per heavy atom. The van der Waals surface area contributed by atoms with Crippen molar-refractivity contribution in [2.45, 2.75) is 78.7 Å². The highest BCUT2D eigenvalue weighted by molar-refractivity contribution is 6.03. The second-order valence-corrected chi connectivity index (χ2v) is 12.8. The molecule has 0 saturated heterocycles. The fourth-order valence-electron chi connectivity index (χ4n) is 5.81. The summed E-state index contributed by atoms with van der Waals surface area (Å²) >= 11 is 0. The zero-order valence-corrected chi connectivity index (χ0v) is 29.2. The summed E-state index contributed by atoms with van der Waals surface area (Å²) in [6.45, 7) is 11.5. The van der Waals surface area contributed by atoms with E-state index >= 15 is 0 Å².